The van der Waals surface area contributed by atoms with Crippen molar-refractivity contribution in [1.29, 1.82) is 0 Å². The minimum Gasteiger partial charge on any atom is -0.475 e. The summed E-state index contributed by atoms with van der Waals surface area (Å²) >= 11 is 0. The number of carbonyl (C=O) groups is 1. The molecular weight excluding hydrogens is 441 g/mol. The Bertz CT molecular complexity index is 892. The molecule has 0 aromatic carbocycles. The monoisotopic (exact) mass is 466 g/mol. The van der Waals surface area contributed by atoms with E-state index in [0.29, 0.717) is 19.7 Å². The van der Waals surface area contributed by atoms with E-state index in [9.17, 15) is 21.6 Å². The second kappa shape index (κ2) is 8.87. The van der Waals surface area contributed by atoms with Gasteiger partial charge in [-0.05, 0) is 44.7 Å². The van der Waals surface area contributed by atoms with Gasteiger partial charge >= 0.3 is 12.1 Å². The Morgan fingerprint density at radius 2 is 2.00 bits per heavy atom. The first-order valence-corrected chi connectivity index (χ1v) is 11.4. The molecule has 2 aliphatic heterocycles. The Labute approximate surface area is 178 Å². The summed E-state index contributed by atoms with van der Waals surface area (Å²) in [7, 11) is -3.12. The minimum atomic E-state index is -5.08. The molecule has 2 N–H and O–H groups in total. The molecule has 13 heteroatoms. The molecule has 1 spiro atoms. The zero-order valence-corrected chi connectivity index (χ0v) is 17.7. The number of hydrogen-bond acceptors (Lipinski definition) is 7. The van der Waals surface area contributed by atoms with Crippen molar-refractivity contribution in [2.45, 2.75) is 62.1 Å². The van der Waals surface area contributed by atoms with Crippen molar-refractivity contribution in [3.8, 4) is 0 Å². The van der Waals surface area contributed by atoms with E-state index in [1.807, 2.05) is 19.1 Å². The molecule has 0 radical (unpaired) electrons. The van der Waals surface area contributed by atoms with Gasteiger partial charge in [0.25, 0.3) is 0 Å². The average Bonchev–Trinajstić information content (AvgIpc) is 3.49. The zero-order chi connectivity index (χ0) is 22.9. The second-order valence-corrected chi connectivity index (χ2v) is 10.3. The van der Waals surface area contributed by atoms with Crippen LogP contribution in [0.4, 0.5) is 19.0 Å². The van der Waals surface area contributed by atoms with Crippen molar-refractivity contribution in [3.63, 3.8) is 0 Å². The second-order valence-electron chi connectivity index (χ2n) is 8.08. The Morgan fingerprint density at radius 3 is 2.55 bits per heavy atom. The topological polar surface area (TPSA) is 122 Å². The van der Waals surface area contributed by atoms with Crippen LogP contribution in [0, 0.1) is 6.92 Å². The molecule has 3 aliphatic rings. The zero-order valence-electron chi connectivity index (χ0n) is 16.9. The van der Waals surface area contributed by atoms with E-state index in [0.717, 1.165) is 43.6 Å². The number of aromatic nitrogens is 2. The number of alkyl halides is 3. The first kappa shape index (κ1) is 23.7. The van der Waals surface area contributed by atoms with E-state index in [1.165, 1.54) is 0 Å². The fraction of sp³-hybridized carbons (Fsp3) is 0.722. The first-order valence-electron chi connectivity index (χ1n) is 9.91. The van der Waals surface area contributed by atoms with Gasteiger partial charge in [0.2, 0.25) is 10.0 Å². The summed E-state index contributed by atoms with van der Waals surface area (Å²) in [6, 6.07) is 3.98. The Balaban J connectivity index is 0.000000339. The van der Waals surface area contributed by atoms with Gasteiger partial charge in [-0.1, -0.05) is 0 Å². The number of carboxylic acid groups (broad SMARTS) is 1. The van der Waals surface area contributed by atoms with Gasteiger partial charge in [0, 0.05) is 19.5 Å². The first-order chi connectivity index (χ1) is 14.4. The maximum Gasteiger partial charge on any atom is 0.490 e. The van der Waals surface area contributed by atoms with Gasteiger partial charge in [-0.2, -0.15) is 22.6 Å². The van der Waals surface area contributed by atoms with Crippen molar-refractivity contribution >= 4 is 21.8 Å². The number of aliphatic carboxylic acids is 1. The summed E-state index contributed by atoms with van der Waals surface area (Å²) in [6.07, 6.45) is -0.879. The molecule has 4 rings (SSSR count). The molecule has 3 heterocycles. The van der Waals surface area contributed by atoms with E-state index < -0.39 is 22.2 Å². The summed E-state index contributed by atoms with van der Waals surface area (Å²) < 4.78 is 64.6. The average molecular weight is 466 g/mol. The number of hydrogen-bond donors (Lipinski definition) is 2. The van der Waals surface area contributed by atoms with Crippen molar-refractivity contribution in [2.24, 2.45) is 0 Å². The molecule has 174 valence electrons. The Hall–Kier alpha value is -1.99. The molecule has 1 aliphatic carbocycles. The number of nitrogens with one attached hydrogen (secondary N) is 1. The van der Waals surface area contributed by atoms with Gasteiger partial charge in [0.05, 0.1) is 29.2 Å². The van der Waals surface area contributed by atoms with Crippen LogP contribution in [-0.4, -0.2) is 76.8 Å². The molecule has 3 fully saturated rings. The minimum absolute atomic E-state index is 0.144. The quantitative estimate of drug-likeness (QED) is 0.691. The Morgan fingerprint density at radius 1 is 1.32 bits per heavy atom. The normalized spacial score (nSPS) is 26.9. The lowest BCUT2D eigenvalue weighted by Gasteiger charge is -2.39. The predicted octanol–water partition coefficient (Wildman–Crippen LogP) is 1.95. The molecule has 31 heavy (non-hydrogen) atoms. The molecule has 0 amide bonds. The standard InChI is InChI=1S/C16H24N4O3S.C2HF3O2/c1-12-3-6-15(19-18-12)17-13-9-16(23-10-13)7-2-8-20(11-16)24(21,22)14-4-5-14;3-2(4,5)1(6)7/h3,6,13-14H,2,4-5,7-11H2,1H3,(H,17,19);(H,6,7). The lowest BCUT2D eigenvalue weighted by molar-refractivity contribution is -0.192. The molecule has 2 saturated heterocycles. The van der Waals surface area contributed by atoms with Gasteiger partial charge in [0.15, 0.2) is 0 Å². The third kappa shape index (κ3) is 6.04. The summed E-state index contributed by atoms with van der Waals surface area (Å²) in [5, 5.41) is 18.5. The number of carboxylic acids is 1. The van der Waals surface area contributed by atoms with Crippen LogP contribution in [0.1, 0.15) is 37.8 Å². The SMILES string of the molecule is Cc1ccc(NC2COC3(CCCN(S(=O)(=O)C4CC4)C3)C2)nn1.O=C(O)C(F)(F)F. The molecule has 0 bridgehead atoms. The number of piperidine rings is 1. The lowest BCUT2D eigenvalue weighted by atomic mass is 9.90. The number of halogens is 3. The van der Waals surface area contributed by atoms with Gasteiger partial charge in [-0.3, -0.25) is 0 Å². The summed E-state index contributed by atoms with van der Waals surface area (Å²) in [5.41, 5.74) is 0.531. The highest BCUT2D eigenvalue weighted by Crippen LogP contribution is 2.39. The van der Waals surface area contributed by atoms with Gasteiger partial charge in [-0.25, -0.2) is 13.2 Å². The van der Waals surface area contributed by atoms with Crippen LogP contribution >= 0.6 is 0 Å². The van der Waals surface area contributed by atoms with Gasteiger partial charge in [0.1, 0.15) is 5.82 Å². The van der Waals surface area contributed by atoms with E-state index in [1.54, 1.807) is 4.31 Å². The van der Waals surface area contributed by atoms with Gasteiger partial charge in [-0.15, -0.1) is 5.10 Å². The van der Waals surface area contributed by atoms with Crippen LogP contribution in [-0.2, 0) is 19.6 Å². The van der Waals surface area contributed by atoms with Crippen molar-refractivity contribution in [3.05, 3.63) is 17.8 Å². The highest BCUT2D eigenvalue weighted by atomic mass is 32.2. The number of anilines is 1. The smallest absolute Gasteiger partial charge is 0.475 e. The van der Waals surface area contributed by atoms with E-state index >= 15 is 0 Å². The van der Waals surface area contributed by atoms with Crippen LogP contribution in [0.3, 0.4) is 0 Å². The number of nitrogens with zero attached hydrogens (tertiary/aromatic N) is 3. The highest BCUT2D eigenvalue weighted by molar-refractivity contribution is 7.90. The maximum absolute atomic E-state index is 12.5. The van der Waals surface area contributed by atoms with Crippen molar-refractivity contribution in [2.75, 3.05) is 25.0 Å². The third-order valence-electron chi connectivity index (χ3n) is 5.41. The molecular formula is C18H25F3N4O5S. The van der Waals surface area contributed by atoms with E-state index in [2.05, 4.69) is 15.5 Å². The van der Waals surface area contributed by atoms with Crippen LogP contribution < -0.4 is 5.32 Å². The number of sulfonamides is 1. The molecule has 2 atom stereocenters. The molecule has 1 aromatic rings. The summed E-state index contributed by atoms with van der Waals surface area (Å²) in [4.78, 5) is 8.90. The van der Waals surface area contributed by atoms with Crippen molar-refractivity contribution in [1.82, 2.24) is 14.5 Å². The van der Waals surface area contributed by atoms with Gasteiger partial charge < -0.3 is 15.2 Å². The van der Waals surface area contributed by atoms with E-state index in [-0.39, 0.29) is 16.9 Å². The number of ether oxygens (including phenoxy) is 1. The molecule has 9 nitrogen and oxygen atoms in total. The molecule has 1 aromatic heterocycles. The van der Waals surface area contributed by atoms with Crippen LogP contribution in [0.5, 0.6) is 0 Å². The largest absolute Gasteiger partial charge is 0.490 e. The maximum atomic E-state index is 12.5. The number of rotatable bonds is 4. The van der Waals surface area contributed by atoms with Crippen LogP contribution in [0.2, 0.25) is 0 Å². The molecule has 2 unspecified atom stereocenters. The van der Waals surface area contributed by atoms with E-state index in [4.69, 9.17) is 14.6 Å². The fourth-order valence-electron chi connectivity index (χ4n) is 3.76. The van der Waals surface area contributed by atoms with Crippen molar-refractivity contribution < 1.29 is 36.2 Å². The fourth-order valence-corrected chi connectivity index (χ4v) is 5.71. The highest BCUT2D eigenvalue weighted by Gasteiger charge is 2.49. The van der Waals surface area contributed by atoms with Crippen LogP contribution in [0.15, 0.2) is 12.1 Å². The summed E-state index contributed by atoms with van der Waals surface area (Å²) in [5.74, 6) is -2.02. The summed E-state index contributed by atoms with van der Waals surface area (Å²) in [6.45, 7) is 3.60. The third-order valence-corrected chi connectivity index (χ3v) is 7.76. The Kier molecular flexibility index (Phi) is 6.77. The molecule has 1 saturated carbocycles. The lowest BCUT2D eigenvalue weighted by Crippen LogP contribution is -2.51. The predicted molar refractivity (Wildman–Crippen MR) is 104 cm³/mol. The van der Waals surface area contributed by atoms with Crippen LogP contribution in [0.25, 0.3) is 0 Å². The number of aryl methyl sites for hydroxylation is 1.